The molecule has 3 nitrogen and oxygen atoms in total. The van der Waals surface area contributed by atoms with E-state index in [4.69, 9.17) is 5.73 Å². The van der Waals surface area contributed by atoms with E-state index < -0.39 is 0 Å². The zero-order valence-electron chi connectivity index (χ0n) is 12.7. The Labute approximate surface area is 120 Å². The minimum atomic E-state index is -0.264. The first kappa shape index (κ1) is 14.5. The Hall–Kier alpha value is -1.90. The summed E-state index contributed by atoms with van der Waals surface area (Å²) < 4.78 is 0. The number of nitrogens with zero attached hydrogens (tertiary/aromatic N) is 1. The van der Waals surface area contributed by atoms with E-state index in [0.29, 0.717) is 12.8 Å². The number of nitrogens with two attached hydrogens (primary N) is 1. The fraction of sp³-hybridized carbons (Fsp3) is 0.412. The summed E-state index contributed by atoms with van der Waals surface area (Å²) in [7, 11) is 0. The molecule has 0 radical (unpaired) electrons. The maximum Gasteiger partial charge on any atom is 0.217 e. The van der Waals surface area contributed by atoms with Gasteiger partial charge in [-0.3, -0.25) is 9.78 Å². The molecule has 0 saturated heterocycles. The Morgan fingerprint density at radius 1 is 1.25 bits per heavy atom. The molecule has 0 aliphatic heterocycles. The van der Waals surface area contributed by atoms with Crippen molar-refractivity contribution < 1.29 is 4.79 Å². The molecule has 1 aromatic carbocycles. The maximum absolute atomic E-state index is 11.0. The van der Waals surface area contributed by atoms with Gasteiger partial charge in [0.25, 0.3) is 0 Å². The molecule has 1 amide bonds. The van der Waals surface area contributed by atoms with Gasteiger partial charge in [0.2, 0.25) is 5.91 Å². The molecule has 2 aromatic rings. The molecular weight excluding hydrogens is 248 g/mol. The van der Waals surface area contributed by atoms with Crippen molar-refractivity contribution in [2.45, 2.75) is 46.0 Å². The number of carbonyl (C=O) groups is 1. The van der Waals surface area contributed by atoms with Crippen LogP contribution in [0.25, 0.3) is 10.9 Å². The van der Waals surface area contributed by atoms with Crippen LogP contribution in [0.4, 0.5) is 0 Å². The van der Waals surface area contributed by atoms with Crippen molar-refractivity contribution in [3.05, 3.63) is 41.1 Å². The summed E-state index contributed by atoms with van der Waals surface area (Å²) in [5.41, 5.74) is 9.75. The zero-order chi connectivity index (χ0) is 14.9. The van der Waals surface area contributed by atoms with E-state index in [9.17, 15) is 4.79 Å². The van der Waals surface area contributed by atoms with Crippen LogP contribution in [0.2, 0.25) is 0 Å². The molecule has 1 heterocycles. The first-order valence-corrected chi connectivity index (χ1v) is 6.96. The Bertz CT molecular complexity index is 654. The Balaban J connectivity index is 2.56. The smallest absolute Gasteiger partial charge is 0.217 e. The van der Waals surface area contributed by atoms with Crippen LogP contribution in [0.15, 0.2) is 24.3 Å². The van der Waals surface area contributed by atoms with Crippen LogP contribution in [-0.4, -0.2) is 10.9 Å². The predicted octanol–water partition coefficient (Wildman–Crippen LogP) is 3.26. The van der Waals surface area contributed by atoms with Crippen molar-refractivity contribution >= 4 is 16.8 Å². The lowest BCUT2D eigenvalue weighted by molar-refractivity contribution is -0.117. The topological polar surface area (TPSA) is 56.0 Å². The summed E-state index contributed by atoms with van der Waals surface area (Å²) in [5, 5.41) is 1.13. The fourth-order valence-electron chi connectivity index (χ4n) is 2.37. The molecule has 2 N–H and O–H groups in total. The molecule has 0 unspecified atom stereocenters. The minimum Gasteiger partial charge on any atom is -0.370 e. The quantitative estimate of drug-likeness (QED) is 0.930. The lowest BCUT2D eigenvalue weighted by atomic mass is 9.85. The van der Waals surface area contributed by atoms with Crippen LogP contribution < -0.4 is 5.73 Å². The van der Waals surface area contributed by atoms with E-state index in [2.05, 4.69) is 50.0 Å². The van der Waals surface area contributed by atoms with Gasteiger partial charge < -0.3 is 5.73 Å². The number of aryl methyl sites for hydroxylation is 2. The molecule has 0 spiro atoms. The number of benzene rings is 1. The minimum absolute atomic E-state index is 0.0973. The highest BCUT2D eigenvalue weighted by atomic mass is 16.1. The third-order valence-corrected chi connectivity index (χ3v) is 3.53. The molecule has 20 heavy (non-hydrogen) atoms. The van der Waals surface area contributed by atoms with E-state index in [1.807, 2.05) is 6.92 Å². The summed E-state index contributed by atoms with van der Waals surface area (Å²) >= 11 is 0. The van der Waals surface area contributed by atoms with Gasteiger partial charge in [-0.2, -0.15) is 0 Å². The van der Waals surface area contributed by atoms with Crippen LogP contribution in [0, 0.1) is 6.92 Å². The van der Waals surface area contributed by atoms with E-state index in [-0.39, 0.29) is 11.3 Å². The second-order valence-electron chi connectivity index (χ2n) is 6.37. The van der Waals surface area contributed by atoms with Crippen LogP contribution in [0.5, 0.6) is 0 Å². The number of hydrogen-bond donors (Lipinski definition) is 1. The van der Waals surface area contributed by atoms with Gasteiger partial charge in [-0.05, 0) is 48.1 Å². The van der Waals surface area contributed by atoms with Crippen molar-refractivity contribution in [1.29, 1.82) is 0 Å². The summed E-state index contributed by atoms with van der Waals surface area (Å²) in [5.74, 6) is -0.264. The van der Waals surface area contributed by atoms with Crippen LogP contribution in [-0.2, 0) is 16.6 Å². The van der Waals surface area contributed by atoms with Gasteiger partial charge in [-0.15, -0.1) is 0 Å². The number of carbonyl (C=O) groups excluding carboxylic acids is 1. The average Bonchev–Trinajstić information content (AvgIpc) is 2.33. The van der Waals surface area contributed by atoms with E-state index in [0.717, 1.165) is 22.2 Å². The average molecular weight is 270 g/mol. The third kappa shape index (κ3) is 3.16. The van der Waals surface area contributed by atoms with Crippen molar-refractivity contribution in [3.8, 4) is 0 Å². The normalized spacial score (nSPS) is 11.8. The van der Waals surface area contributed by atoms with Gasteiger partial charge >= 0.3 is 0 Å². The lowest BCUT2D eigenvalue weighted by Crippen LogP contribution is -2.12. The lowest BCUT2D eigenvalue weighted by Gasteiger charge is -2.20. The SMILES string of the molecule is Cc1cc(CCC(N)=O)c2cc(C(C)(C)C)ccc2n1. The molecular formula is C17H22N2O. The van der Waals surface area contributed by atoms with E-state index in [1.165, 1.54) is 5.56 Å². The van der Waals surface area contributed by atoms with Gasteiger partial charge in [0.15, 0.2) is 0 Å². The number of pyridine rings is 1. The molecule has 3 heteroatoms. The first-order chi connectivity index (χ1) is 9.27. The number of hydrogen-bond acceptors (Lipinski definition) is 2. The van der Waals surface area contributed by atoms with Gasteiger partial charge in [0, 0.05) is 17.5 Å². The molecule has 1 aromatic heterocycles. The number of amides is 1. The second-order valence-corrected chi connectivity index (χ2v) is 6.37. The maximum atomic E-state index is 11.0. The number of aromatic nitrogens is 1. The van der Waals surface area contributed by atoms with Crippen molar-refractivity contribution in [2.75, 3.05) is 0 Å². The summed E-state index contributed by atoms with van der Waals surface area (Å²) in [6.45, 7) is 8.56. The first-order valence-electron chi connectivity index (χ1n) is 6.96. The Kier molecular flexibility index (Phi) is 3.80. The van der Waals surface area contributed by atoms with Crippen LogP contribution in [0.1, 0.15) is 44.0 Å². The summed E-state index contributed by atoms with van der Waals surface area (Å²) in [6, 6.07) is 8.44. The fourth-order valence-corrected chi connectivity index (χ4v) is 2.37. The van der Waals surface area contributed by atoms with Crippen molar-refractivity contribution in [1.82, 2.24) is 4.98 Å². The number of primary amides is 1. The number of fused-ring (bicyclic) bond motifs is 1. The molecule has 0 bridgehead atoms. The highest BCUT2D eigenvalue weighted by Crippen LogP contribution is 2.28. The van der Waals surface area contributed by atoms with Crippen molar-refractivity contribution in [2.24, 2.45) is 5.73 Å². The Morgan fingerprint density at radius 3 is 2.55 bits per heavy atom. The monoisotopic (exact) mass is 270 g/mol. The molecule has 0 saturated carbocycles. The van der Waals surface area contributed by atoms with Gasteiger partial charge in [-0.1, -0.05) is 26.8 Å². The second kappa shape index (κ2) is 5.23. The van der Waals surface area contributed by atoms with Crippen LogP contribution in [0.3, 0.4) is 0 Å². The van der Waals surface area contributed by atoms with Crippen LogP contribution >= 0.6 is 0 Å². The van der Waals surface area contributed by atoms with Gasteiger partial charge in [0.05, 0.1) is 5.52 Å². The predicted molar refractivity (Wildman–Crippen MR) is 82.7 cm³/mol. The molecule has 106 valence electrons. The van der Waals surface area contributed by atoms with Gasteiger partial charge in [-0.25, -0.2) is 0 Å². The molecule has 0 aliphatic rings. The highest BCUT2D eigenvalue weighted by molar-refractivity contribution is 5.84. The Morgan fingerprint density at radius 2 is 1.95 bits per heavy atom. The number of rotatable bonds is 3. The standard InChI is InChI=1S/C17H22N2O/c1-11-9-12(5-8-16(18)20)14-10-13(17(2,3)4)6-7-15(14)19-11/h6-7,9-10H,5,8H2,1-4H3,(H2,18,20). The van der Waals surface area contributed by atoms with E-state index in [1.54, 1.807) is 0 Å². The third-order valence-electron chi connectivity index (χ3n) is 3.53. The van der Waals surface area contributed by atoms with E-state index >= 15 is 0 Å². The van der Waals surface area contributed by atoms with Gasteiger partial charge in [0.1, 0.15) is 0 Å². The largest absolute Gasteiger partial charge is 0.370 e. The molecule has 0 fully saturated rings. The summed E-state index contributed by atoms with van der Waals surface area (Å²) in [4.78, 5) is 15.6. The highest BCUT2D eigenvalue weighted by Gasteiger charge is 2.15. The zero-order valence-corrected chi connectivity index (χ0v) is 12.7. The van der Waals surface area contributed by atoms with Crippen molar-refractivity contribution in [3.63, 3.8) is 0 Å². The summed E-state index contributed by atoms with van der Waals surface area (Å²) in [6.07, 6.45) is 1.04. The molecule has 0 aliphatic carbocycles. The molecule has 2 rings (SSSR count). The molecule has 0 atom stereocenters.